The summed E-state index contributed by atoms with van der Waals surface area (Å²) in [4.78, 5) is 78.7. The molecule has 25 heteroatoms. The summed E-state index contributed by atoms with van der Waals surface area (Å²) in [5.74, 6) is -0.739. The van der Waals surface area contributed by atoms with Crippen molar-refractivity contribution in [1.29, 1.82) is 0 Å². The highest BCUT2D eigenvalue weighted by atomic mass is 35.5. The zero-order valence-electron chi connectivity index (χ0n) is 38.1. The number of nitrogens with two attached hydrogens (primary N) is 3. The molecule has 0 bridgehead atoms. The van der Waals surface area contributed by atoms with Crippen LogP contribution in [0.1, 0.15) is 77.0 Å². The van der Waals surface area contributed by atoms with Crippen LogP contribution in [-0.2, 0) is 9.47 Å². The molecule has 7 heterocycles. The fourth-order valence-corrected chi connectivity index (χ4v) is 9.08. The van der Waals surface area contributed by atoms with Crippen molar-refractivity contribution in [3.8, 4) is 0 Å². The maximum absolute atomic E-state index is 12.7. The number of carbonyl (C=O) groups is 5. The number of carbonyl (C=O) groups excluding carboxylic acids is 5. The molecule has 0 saturated carbocycles. The van der Waals surface area contributed by atoms with E-state index in [1.807, 2.05) is 9.80 Å². The number of primary amides is 2. The second kappa shape index (κ2) is 23.0. The Morgan fingerprint density at radius 1 is 0.614 bits per heavy atom. The Hall–Kier alpha value is -7.12. The molecule has 2 atom stereocenters. The van der Waals surface area contributed by atoms with Crippen LogP contribution in [0.5, 0.6) is 0 Å². The third kappa shape index (κ3) is 12.6. The minimum absolute atomic E-state index is 0.0416. The molecule has 4 fully saturated rings. The molecule has 70 heavy (non-hydrogen) atoms. The van der Waals surface area contributed by atoms with E-state index in [9.17, 15) is 24.0 Å². The molecule has 5 aromatic rings. The van der Waals surface area contributed by atoms with Crippen molar-refractivity contribution in [1.82, 2.24) is 45.5 Å². The average molecular weight is 998 g/mol. The van der Waals surface area contributed by atoms with Gasteiger partial charge in [-0.2, -0.15) is 9.97 Å². The molecule has 368 valence electrons. The number of anilines is 6. The molecule has 9 rings (SSSR count). The topological polar surface area (TPSA) is 308 Å². The maximum Gasteiger partial charge on any atom is 0.273 e. The number of piperidine rings is 2. The number of halogens is 1. The largest absolute Gasteiger partial charge is 0.378 e. The first-order valence-electron chi connectivity index (χ1n) is 22.8. The molecule has 0 radical (unpaired) electrons. The summed E-state index contributed by atoms with van der Waals surface area (Å²) in [6, 6.07) is 17.1. The van der Waals surface area contributed by atoms with E-state index in [2.05, 4.69) is 46.3 Å². The number of aromatic nitrogens is 6. The molecule has 3 aromatic heterocycles. The van der Waals surface area contributed by atoms with E-state index in [0.717, 1.165) is 32.2 Å². The number of hydrogen-bond acceptors (Lipinski definition) is 19. The number of nitrogens with zero attached hydrogens (tertiary/aromatic N) is 10. The van der Waals surface area contributed by atoms with Gasteiger partial charge >= 0.3 is 0 Å². The highest BCUT2D eigenvalue weighted by Crippen LogP contribution is 2.26. The summed E-state index contributed by atoms with van der Waals surface area (Å²) in [5.41, 5.74) is 19.2. The molecule has 5 amide bonds. The fraction of sp³-hybridized carbons (Fsp3) is 0.400. The van der Waals surface area contributed by atoms with Gasteiger partial charge in [0.05, 0.1) is 35.6 Å². The lowest BCUT2D eigenvalue weighted by molar-refractivity contribution is 0.0301. The van der Waals surface area contributed by atoms with Gasteiger partial charge < -0.3 is 62.2 Å². The van der Waals surface area contributed by atoms with Crippen LogP contribution in [0.25, 0.3) is 0 Å². The number of nitrogens with one attached hydrogen (secondary N) is 3. The number of thiophene rings is 1. The Balaban J connectivity index is 0.000000193. The van der Waals surface area contributed by atoms with E-state index < -0.39 is 11.8 Å². The molecule has 4 aliphatic heterocycles. The van der Waals surface area contributed by atoms with E-state index in [1.54, 1.807) is 70.5 Å². The fourth-order valence-electron chi connectivity index (χ4n) is 8.13. The van der Waals surface area contributed by atoms with Crippen LogP contribution in [0.4, 0.5) is 34.9 Å². The zero-order valence-corrected chi connectivity index (χ0v) is 39.7. The third-order valence-corrected chi connectivity index (χ3v) is 13.0. The molecule has 4 aliphatic rings. The van der Waals surface area contributed by atoms with E-state index in [0.29, 0.717) is 116 Å². The Morgan fingerprint density at radius 3 is 1.53 bits per heavy atom. The van der Waals surface area contributed by atoms with Gasteiger partial charge in [0.25, 0.3) is 29.5 Å². The van der Waals surface area contributed by atoms with Gasteiger partial charge in [-0.3, -0.25) is 24.0 Å². The van der Waals surface area contributed by atoms with Gasteiger partial charge in [0.2, 0.25) is 11.9 Å². The number of benzene rings is 2. The van der Waals surface area contributed by atoms with Gasteiger partial charge in [0, 0.05) is 86.9 Å². The number of amides is 5. The van der Waals surface area contributed by atoms with Crippen molar-refractivity contribution in [3.63, 3.8) is 0 Å². The first-order chi connectivity index (χ1) is 33.9. The highest BCUT2D eigenvalue weighted by Gasteiger charge is 2.27. The van der Waals surface area contributed by atoms with Crippen molar-refractivity contribution in [3.05, 3.63) is 92.4 Å². The number of hydrogen-bond donors (Lipinski definition) is 6. The van der Waals surface area contributed by atoms with Gasteiger partial charge in [-0.25, -0.2) is 0 Å². The SMILES string of the molecule is NC(=O)c1nnc(N2CCC[C@@H](N)C2)nc1Nc1ccc(C(=O)N2CCOCC2)cc1.NC(=O)c1nnc(N2CCC[C@@H](NC(=O)c3ccc(Cl)s3)C2)nc1Nc1ccc(C(=O)N2CCOCC2)cc1. The van der Waals surface area contributed by atoms with Gasteiger partial charge in [-0.1, -0.05) is 11.6 Å². The van der Waals surface area contributed by atoms with Gasteiger partial charge in [0.1, 0.15) is 0 Å². The Kier molecular flexibility index (Phi) is 16.2. The quantitative estimate of drug-likeness (QED) is 0.105. The van der Waals surface area contributed by atoms with Crippen molar-refractivity contribution < 1.29 is 33.4 Å². The zero-order chi connectivity index (χ0) is 49.1. The summed E-state index contributed by atoms with van der Waals surface area (Å²) in [6.07, 6.45) is 3.49. The first-order valence-corrected chi connectivity index (χ1v) is 24.0. The molecule has 0 aliphatic carbocycles. The average Bonchev–Trinajstić information content (AvgIpc) is 3.83. The summed E-state index contributed by atoms with van der Waals surface area (Å²) < 4.78 is 11.2. The Bertz CT molecular complexity index is 2670. The monoisotopic (exact) mass is 996 g/mol. The molecule has 0 unspecified atom stereocenters. The second-order valence-corrected chi connectivity index (χ2v) is 18.5. The second-order valence-electron chi connectivity index (χ2n) is 16.8. The lowest BCUT2D eigenvalue weighted by Gasteiger charge is -2.33. The van der Waals surface area contributed by atoms with Gasteiger partial charge in [-0.05, 0) is 86.3 Å². The van der Waals surface area contributed by atoms with E-state index >= 15 is 0 Å². The smallest absolute Gasteiger partial charge is 0.273 e. The van der Waals surface area contributed by atoms with Crippen molar-refractivity contribution in [2.45, 2.75) is 37.8 Å². The normalized spacial score (nSPS) is 18.3. The lowest BCUT2D eigenvalue weighted by atomic mass is 10.1. The minimum Gasteiger partial charge on any atom is -0.378 e. The molecule has 9 N–H and O–H groups in total. The van der Waals surface area contributed by atoms with Crippen LogP contribution in [0, 0.1) is 0 Å². The Labute approximate surface area is 411 Å². The van der Waals surface area contributed by atoms with Crippen LogP contribution in [0.3, 0.4) is 0 Å². The number of morpholine rings is 2. The summed E-state index contributed by atoms with van der Waals surface area (Å²) >= 11 is 7.18. The predicted octanol–water partition coefficient (Wildman–Crippen LogP) is 2.41. The van der Waals surface area contributed by atoms with Crippen molar-refractivity contribution in [2.24, 2.45) is 17.2 Å². The molecular weight excluding hydrogens is 944 g/mol. The maximum atomic E-state index is 12.7. The molecule has 0 spiro atoms. The van der Waals surface area contributed by atoms with Gasteiger partial charge in [-0.15, -0.1) is 31.7 Å². The van der Waals surface area contributed by atoms with Crippen molar-refractivity contribution in [2.75, 3.05) is 99.2 Å². The van der Waals surface area contributed by atoms with Gasteiger partial charge in [0.15, 0.2) is 23.0 Å². The molecule has 23 nitrogen and oxygen atoms in total. The lowest BCUT2D eigenvalue weighted by Crippen LogP contribution is -2.48. The van der Waals surface area contributed by atoms with E-state index in [-0.39, 0.29) is 52.8 Å². The van der Waals surface area contributed by atoms with Crippen molar-refractivity contribution >= 4 is 87.4 Å². The number of rotatable bonds is 12. The van der Waals surface area contributed by atoms with Crippen LogP contribution in [-0.4, -0.2) is 161 Å². The third-order valence-electron chi connectivity index (χ3n) is 11.8. The summed E-state index contributed by atoms with van der Waals surface area (Å²) in [6.45, 7) is 6.94. The summed E-state index contributed by atoms with van der Waals surface area (Å²) in [5, 5.41) is 25.4. The molecule has 4 saturated heterocycles. The van der Waals surface area contributed by atoms with Crippen LogP contribution in [0.15, 0.2) is 60.7 Å². The number of ether oxygens (including phenoxy) is 2. The Morgan fingerprint density at radius 2 is 1.09 bits per heavy atom. The van der Waals surface area contributed by atoms with E-state index in [1.165, 1.54) is 11.3 Å². The molecular formula is C45H53ClN16O7S. The van der Waals surface area contributed by atoms with Crippen LogP contribution in [0.2, 0.25) is 4.34 Å². The van der Waals surface area contributed by atoms with Crippen LogP contribution < -0.4 is 43.0 Å². The molecule has 2 aromatic carbocycles. The standard InChI is InChI=1S/C25H27ClN8O4S.C20H26N8O3/c26-19-8-7-18(39-19)23(36)29-17-2-1-9-34(14-17)25-30-22(20(21(27)35)31-32-25)28-16-5-3-15(4-6-16)24(37)33-10-12-38-13-11-33;21-14-2-1-7-28(12-14)20-24-18(16(17(22)29)25-26-20)23-15-5-3-13(4-6-15)19(30)27-8-10-31-11-9-27/h3-8,17H,1-2,9-14H2,(H2,27,35)(H,29,36)(H,28,30,32);3-6,14H,1-2,7-12,21H2,(H2,22,29)(H,23,24,26)/t17-;14-/m11/s1. The first kappa shape index (κ1) is 49.3. The van der Waals surface area contributed by atoms with Crippen LogP contribution >= 0.6 is 22.9 Å². The summed E-state index contributed by atoms with van der Waals surface area (Å²) in [7, 11) is 0. The predicted molar refractivity (Wildman–Crippen MR) is 261 cm³/mol. The highest BCUT2D eigenvalue weighted by molar-refractivity contribution is 7.18. The van der Waals surface area contributed by atoms with E-state index in [4.69, 9.17) is 38.3 Å². The minimum atomic E-state index is -0.776.